The summed E-state index contributed by atoms with van der Waals surface area (Å²) in [6, 6.07) is 11.3. The van der Waals surface area contributed by atoms with E-state index in [0.29, 0.717) is 6.07 Å². The van der Waals surface area contributed by atoms with Crippen LogP contribution in [0.2, 0.25) is 5.28 Å². The van der Waals surface area contributed by atoms with Crippen molar-refractivity contribution in [3.63, 3.8) is 0 Å². The molecule has 0 atom stereocenters. The van der Waals surface area contributed by atoms with Crippen molar-refractivity contribution in [2.75, 3.05) is 46.8 Å². The number of nitrogens with two attached hydrogens (primary N) is 1. The zero-order valence-corrected chi connectivity index (χ0v) is 37.9. The second-order valence-corrected chi connectivity index (χ2v) is 20.5. The molecule has 11 N–H and O–H groups in total. The number of aliphatic hydroxyl groups is 1. The number of primary amides is 1. The number of aliphatic hydroxyl groups excluding tert-OH is 1. The molecule has 358 valence electrons. The summed E-state index contributed by atoms with van der Waals surface area (Å²) < 4.78 is 160. The zero-order chi connectivity index (χ0) is 49.5. The van der Waals surface area contributed by atoms with Gasteiger partial charge in [-0.25, -0.2) is 17.4 Å². The lowest BCUT2D eigenvalue weighted by molar-refractivity contribution is 0.259. The van der Waals surface area contributed by atoms with Gasteiger partial charge in [0.05, 0.1) is 51.5 Å². The van der Waals surface area contributed by atoms with Crippen molar-refractivity contribution in [3.8, 4) is 0 Å². The molecule has 0 bridgehead atoms. The molecule has 0 saturated heterocycles. The van der Waals surface area contributed by atoms with E-state index in [-0.39, 0.29) is 63.1 Å². The fourth-order valence-corrected chi connectivity index (χ4v) is 8.74. The highest BCUT2D eigenvalue weighted by molar-refractivity contribution is 7.91. The molecule has 0 spiro atoms. The summed E-state index contributed by atoms with van der Waals surface area (Å²) in [5.41, 5.74) is 3.82. The van der Waals surface area contributed by atoms with E-state index in [0.717, 1.165) is 36.4 Å². The molecule has 0 aliphatic rings. The van der Waals surface area contributed by atoms with E-state index in [1.807, 2.05) is 0 Å². The van der Waals surface area contributed by atoms with Crippen LogP contribution >= 0.6 is 11.6 Å². The summed E-state index contributed by atoms with van der Waals surface area (Å²) in [5.74, 6) is -1.44. The first-order valence-electron chi connectivity index (χ1n) is 17.6. The van der Waals surface area contributed by atoms with Gasteiger partial charge >= 0.3 is 16.4 Å². The van der Waals surface area contributed by atoms with E-state index in [1.54, 1.807) is 0 Å². The molecule has 1 heterocycles. The molecular formula is C32H31ClN12O17S5. The number of azo groups is 2. The van der Waals surface area contributed by atoms with Gasteiger partial charge in [0.15, 0.2) is 9.84 Å². The van der Waals surface area contributed by atoms with E-state index in [2.05, 4.69) is 60.9 Å². The van der Waals surface area contributed by atoms with Crippen molar-refractivity contribution in [2.45, 2.75) is 19.6 Å². The molecule has 5 rings (SSSR count). The molecule has 0 radical (unpaired) electrons. The first-order valence-corrected chi connectivity index (χ1v) is 25.4. The van der Waals surface area contributed by atoms with E-state index in [1.165, 1.54) is 30.3 Å². The average Bonchev–Trinajstić information content (AvgIpc) is 3.20. The number of sulfone groups is 1. The molecule has 67 heavy (non-hydrogen) atoms. The molecular weight excluding hydrogens is 1020 g/mol. The molecule has 1 aromatic heterocycles. The standard InChI is InChI=1S/C32H31ClN12O17S5/c33-29-39-31(36-18-3-7-21(23(13-18)37-30(34)47)43-44-22-8-6-20(64(50,51)52)14-27(22)65(53,54)55)41-32(40-29)38-24-15-26(35-9-10-46)28(66(56,57)58)16-25(24)45-42-17-1-4-19(5-2-17)63(48,49)12-11-62-67(59,60)61/h1-8,13-16,35,46H,9-12H2,(H3,34,37,47)(H,50,51,52)(H,53,54,55)(H,56,57,58)(H,59,60,61)(H2,36,38,39,40,41). The lowest BCUT2D eigenvalue weighted by Gasteiger charge is -2.15. The Morgan fingerprint density at radius 1 is 0.642 bits per heavy atom. The molecule has 0 fully saturated rings. The SMILES string of the molecule is NC(=O)Nc1cc(Nc2nc(Cl)nc(Nc3cc(NCCO)c(S(=O)(=O)O)cc3N=Nc3ccc(S(=O)(=O)CCOS(=O)(=O)O)cc3)n2)ccc1N=Nc1ccc(S(=O)(=O)O)cc1S(=O)(=O)O. The van der Waals surface area contributed by atoms with Crippen molar-refractivity contribution in [2.24, 2.45) is 26.2 Å². The summed E-state index contributed by atoms with van der Waals surface area (Å²) in [5, 5.41) is 35.0. The third kappa shape index (κ3) is 14.8. The Balaban J connectivity index is 1.48. The predicted octanol–water partition coefficient (Wildman–Crippen LogP) is 4.07. The first kappa shape index (κ1) is 51.5. The van der Waals surface area contributed by atoms with Crippen LogP contribution < -0.4 is 27.0 Å². The maximum absolute atomic E-state index is 12.6. The van der Waals surface area contributed by atoms with E-state index in [4.69, 9.17) is 21.9 Å². The van der Waals surface area contributed by atoms with Crippen LogP contribution in [-0.2, 0) is 54.8 Å². The average molecular weight is 1050 g/mol. The van der Waals surface area contributed by atoms with Crippen molar-refractivity contribution in [1.82, 2.24) is 15.0 Å². The summed E-state index contributed by atoms with van der Waals surface area (Å²) in [7, 11) is -24.0. The molecule has 0 unspecified atom stereocenters. The molecule has 0 saturated carbocycles. The minimum atomic E-state index is -5.12. The van der Waals surface area contributed by atoms with Crippen LogP contribution in [0.4, 0.5) is 62.2 Å². The van der Waals surface area contributed by atoms with E-state index >= 15 is 0 Å². The number of carbonyl (C=O) groups excluding carboxylic acids is 1. The number of halogens is 1. The Bertz CT molecular complexity index is 3370. The number of anilines is 6. The molecule has 5 aromatic rings. The van der Waals surface area contributed by atoms with Crippen LogP contribution in [0.5, 0.6) is 0 Å². The number of aromatic nitrogens is 3. The highest BCUT2D eigenvalue weighted by Gasteiger charge is 2.23. The zero-order valence-electron chi connectivity index (χ0n) is 33.0. The molecule has 35 heteroatoms. The van der Waals surface area contributed by atoms with Crippen molar-refractivity contribution >= 4 is 126 Å². The fourth-order valence-electron chi connectivity index (χ4n) is 5.19. The molecule has 29 nitrogen and oxygen atoms in total. The first-order chi connectivity index (χ1) is 31.1. The number of hydrogen-bond donors (Lipinski definition) is 10. The van der Waals surface area contributed by atoms with Gasteiger partial charge in [-0.1, -0.05) is 0 Å². The van der Waals surface area contributed by atoms with Crippen molar-refractivity contribution in [1.29, 1.82) is 0 Å². The van der Waals surface area contributed by atoms with Gasteiger partial charge in [-0.3, -0.25) is 18.2 Å². The Hall–Kier alpha value is -6.44. The van der Waals surface area contributed by atoms with Crippen LogP contribution in [0.3, 0.4) is 0 Å². The second kappa shape index (κ2) is 20.6. The van der Waals surface area contributed by atoms with Gasteiger partial charge in [-0.2, -0.15) is 53.7 Å². The van der Waals surface area contributed by atoms with Crippen LogP contribution in [-0.4, -0.2) is 112 Å². The van der Waals surface area contributed by atoms with Crippen LogP contribution in [0, 0.1) is 0 Å². The Morgan fingerprint density at radius 2 is 1.24 bits per heavy atom. The minimum absolute atomic E-state index is 0.000429. The number of hydrogen-bond acceptors (Lipinski definition) is 23. The quantitative estimate of drug-likeness (QED) is 0.0388. The van der Waals surface area contributed by atoms with Gasteiger partial charge in [0.25, 0.3) is 30.4 Å². The molecule has 0 aliphatic heterocycles. The van der Waals surface area contributed by atoms with Crippen LogP contribution in [0.1, 0.15) is 0 Å². The Kier molecular flexibility index (Phi) is 15.9. The lowest BCUT2D eigenvalue weighted by Crippen LogP contribution is -2.19. The van der Waals surface area contributed by atoms with Gasteiger partial charge in [-0.05, 0) is 84.4 Å². The van der Waals surface area contributed by atoms with E-state index in [9.17, 15) is 65.6 Å². The number of nitrogens with zero attached hydrogens (tertiary/aromatic N) is 7. The number of benzene rings is 4. The second-order valence-electron chi connectivity index (χ2n) is 12.8. The highest BCUT2D eigenvalue weighted by atomic mass is 35.5. The summed E-state index contributed by atoms with van der Waals surface area (Å²) in [4.78, 5) is 21.2. The van der Waals surface area contributed by atoms with Gasteiger partial charge in [0.1, 0.15) is 26.9 Å². The minimum Gasteiger partial charge on any atom is -0.395 e. The van der Waals surface area contributed by atoms with Crippen LogP contribution in [0.15, 0.2) is 113 Å². The van der Waals surface area contributed by atoms with Gasteiger partial charge < -0.3 is 32.1 Å². The molecule has 0 aliphatic carbocycles. The summed E-state index contributed by atoms with van der Waals surface area (Å²) >= 11 is 6.21. The maximum Gasteiger partial charge on any atom is 0.397 e. The topological polar surface area (TPSA) is 460 Å². The number of amides is 2. The number of rotatable bonds is 20. The third-order valence-corrected chi connectivity index (χ3v) is 12.9. The van der Waals surface area contributed by atoms with Crippen LogP contribution in [0.25, 0.3) is 0 Å². The van der Waals surface area contributed by atoms with Gasteiger partial charge in [-0.15, -0.1) is 15.3 Å². The summed E-state index contributed by atoms with van der Waals surface area (Å²) in [6.07, 6.45) is 0. The third-order valence-electron chi connectivity index (χ3n) is 7.99. The van der Waals surface area contributed by atoms with Crippen molar-refractivity contribution < 1.29 is 74.4 Å². The Labute approximate surface area is 383 Å². The van der Waals surface area contributed by atoms with Crippen molar-refractivity contribution in [3.05, 3.63) is 78.1 Å². The molecule has 2 amide bonds. The number of nitrogens with one attached hydrogen (secondary N) is 4. The molecule has 4 aromatic carbocycles. The van der Waals surface area contributed by atoms with Gasteiger partial charge in [0.2, 0.25) is 17.2 Å². The fraction of sp³-hybridized carbons (Fsp3) is 0.125. The van der Waals surface area contributed by atoms with E-state index < -0.39 is 101 Å². The number of carbonyl (C=O) groups is 1. The Morgan fingerprint density at radius 3 is 1.84 bits per heavy atom. The van der Waals surface area contributed by atoms with Gasteiger partial charge in [0, 0.05) is 12.2 Å². The maximum atomic E-state index is 12.6. The monoisotopic (exact) mass is 1050 g/mol. The predicted molar refractivity (Wildman–Crippen MR) is 233 cm³/mol. The summed E-state index contributed by atoms with van der Waals surface area (Å²) in [6.45, 7) is -1.56. The smallest absolute Gasteiger partial charge is 0.395 e. The normalized spacial score (nSPS) is 12.6. The lowest BCUT2D eigenvalue weighted by atomic mass is 10.2. The number of urea groups is 1. The largest absolute Gasteiger partial charge is 0.397 e. The highest BCUT2D eigenvalue weighted by Crippen LogP contribution is 2.38.